The number of nitrogens with zero attached hydrogens (tertiary/aromatic N) is 1. The molecule has 2 atom stereocenters. The summed E-state index contributed by atoms with van der Waals surface area (Å²) in [7, 11) is 0. The van der Waals surface area contributed by atoms with Crippen LogP contribution in [0.4, 0.5) is 0 Å². The zero-order valence-electron chi connectivity index (χ0n) is 14.6. The molecule has 2 unspecified atom stereocenters. The minimum Gasteiger partial charge on any atom is -0.341 e. The number of likely N-dealkylation sites (tertiary alicyclic amines) is 1. The predicted molar refractivity (Wildman–Crippen MR) is 104 cm³/mol. The molecule has 7 heteroatoms. The number of hydrogen-bond acceptors (Lipinski definition) is 4. The first-order valence-electron chi connectivity index (χ1n) is 8.94. The molecule has 0 aromatic heterocycles. The second-order valence-corrected chi connectivity index (χ2v) is 7.13. The number of rotatable bonds is 5. The maximum absolute atomic E-state index is 12.8. The number of hydrogen-bond donors (Lipinski definition) is 3. The van der Waals surface area contributed by atoms with Crippen LogP contribution in [0.1, 0.15) is 37.8 Å². The molecule has 5 nitrogen and oxygen atoms in total. The first-order chi connectivity index (χ1) is 11.7. The minimum atomic E-state index is -0.170. The van der Waals surface area contributed by atoms with Crippen LogP contribution in [0.15, 0.2) is 24.3 Å². The van der Waals surface area contributed by atoms with Crippen molar-refractivity contribution in [3.05, 3.63) is 34.9 Å². The van der Waals surface area contributed by atoms with Gasteiger partial charge in [0.15, 0.2) is 0 Å². The molecular weight excluding hydrogens is 359 g/mol. The Balaban J connectivity index is 0.00000225. The Kier molecular flexibility index (Phi) is 7.97. The number of piperidine rings is 1. The molecule has 0 bridgehead atoms. The van der Waals surface area contributed by atoms with E-state index in [1.165, 1.54) is 0 Å². The Bertz CT molecular complexity index is 564. The number of carbonyl (C=O) groups excluding carboxylic acids is 1. The highest BCUT2D eigenvalue weighted by molar-refractivity contribution is 6.31. The maximum Gasteiger partial charge on any atom is 0.241 e. The van der Waals surface area contributed by atoms with Gasteiger partial charge in [0.05, 0.1) is 0 Å². The van der Waals surface area contributed by atoms with Crippen molar-refractivity contribution in [1.29, 1.82) is 0 Å². The van der Waals surface area contributed by atoms with Gasteiger partial charge in [-0.25, -0.2) is 10.9 Å². The van der Waals surface area contributed by atoms with E-state index in [0.717, 1.165) is 56.0 Å². The maximum atomic E-state index is 12.8. The van der Waals surface area contributed by atoms with Crippen molar-refractivity contribution < 1.29 is 4.79 Å². The molecule has 0 saturated carbocycles. The van der Waals surface area contributed by atoms with Crippen molar-refractivity contribution in [2.24, 2.45) is 5.92 Å². The predicted octanol–water partition coefficient (Wildman–Crippen LogP) is 2.52. The van der Waals surface area contributed by atoms with Crippen LogP contribution in [0.2, 0.25) is 5.02 Å². The van der Waals surface area contributed by atoms with Crippen molar-refractivity contribution >= 4 is 29.9 Å². The highest BCUT2D eigenvalue weighted by Gasteiger charge is 2.34. The van der Waals surface area contributed by atoms with Gasteiger partial charge in [-0.1, -0.05) is 36.7 Å². The molecule has 2 heterocycles. The van der Waals surface area contributed by atoms with Crippen LogP contribution in [0.25, 0.3) is 0 Å². The fourth-order valence-corrected chi connectivity index (χ4v) is 3.87. The van der Waals surface area contributed by atoms with Gasteiger partial charge >= 0.3 is 0 Å². The number of amides is 1. The van der Waals surface area contributed by atoms with E-state index in [9.17, 15) is 4.79 Å². The first-order valence-corrected chi connectivity index (χ1v) is 9.31. The summed E-state index contributed by atoms with van der Waals surface area (Å²) in [6.45, 7) is 5.94. The van der Waals surface area contributed by atoms with Gasteiger partial charge in [0.1, 0.15) is 6.04 Å². The summed E-state index contributed by atoms with van der Waals surface area (Å²) in [5, 5.41) is 4.15. The second-order valence-electron chi connectivity index (χ2n) is 6.73. The largest absolute Gasteiger partial charge is 0.341 e. The smallest absolute Gasteiger partial charge is 0.241 e. The minimum absolute atomic E-state index is 0. The number of hydrazine groups is 1. The molecule has 1 aromatic rings. The van der Waals surface area contributed by atoms with Gasteiger partial charge in [-0.15, -0.1) is 12.4 Å². The summed E-state index contributed by atoms with van der Waals surface area (Å²) in [5.41, 5.74) is 7.44. The van der Waals surface area contributed by atoms with E-state index < -0.39 is 0 Å². The highest BCUT2D eigenvalue weighted by atomic mass is 35.5. The summed E-state index contributed by atoms with van der Waals surface area (Å²) >= 11 is 6.27. The molecule has 3 rings (SSSR count). The molecule has 3 N–H and O–H groups in total. The molecule has 25 heavy (non-hydrogen) atoms. The SMILES string of the molecule is CCNCC1CCN(C(=O)C2CC(c3ccccc3Cl)NN2)CC1.Cl. The van der Waals surface area contributed by atoms with Gasteiger partial charge in [-0.05, 0) is 49.9 Å². The van der Waals surface area contributed by atoms with Crippen molar-refractivity contribution in [3.8, 4) is 0 Å². The Morgan fingerprint density at radius 2 is 2.00 bits per heavy atom. The lowest BCUT2D eigenvalue weighted by atomic mass is 9.95. The Morgan fingerprint density at radius 1 is 1.28 bits per heavy atom. The summed E-state index contributed by atoms with van der Waals surface area (Å²) in [4.78, 5) is 14.8. The Morgan fingerprint density at radius 3 is 2.68 bits per heavy atom. The fourth-order valence-electron chi connectivity index (χ4n) is 3.61. The van der Waals surface area contributed by atoms with Crippen LogP contribution in [-0.4, -0.2) is 43.0 Å². The van der Waals surface area contributed by atoms with E-state index in [1.807, 2.05) is 29.2 Å². The van der Waals surface area contributed by atoms with Gasteiger partial charge in [0.25, 0.3) is 0 Å². The molecule has 1 aromatic carbocycles. The van der Waals surface area contributed by atoms with Crippen LogP contribution in [0.3, 0.4) is 0 Å². The summed E-state index contributed by atoms with van der Waals surface area (Å²) in [6, 6.07) is 7.72. The highest BCUT2D eigenvalue weighted by Crippen LogP contribution is 2.29. The standard InChI is InChI=1S/C18H27ClN4O.ClH/c1-2-20-12-13-7-9-23(10-8-13)18(24)17-11-16(21-22-17)14-5-3-4-6-15(14)19;/h3-6,13,16-17,20-22H,2,7-12H2,1H3;1H. The monoisotopic (exact) mass is 386 g/mol. The molecular formula is C18H28Cl2N4O. The Hall–Kier alpha value is -0.850. The topological polar surface area (TPSA) is 56.4 Å². The van der Waals surface area contributed by atoms with Crippen LogP contribution in [-0.2, 0) is 4.79 Å². The number of carbonyl (C=O) groups is 1. The van der Waals surface area contributed by atoms with Crippen LogP contribution < -0.4 is 16.2 Å². The van der Waals surface area contributed by atoms with E-state index >= 15 is 0 Å². The van der Waals surface area contributed by atoms with Crippen molar-refractivity contribution in [3.63, 3.8) is 0 Å². The van der Waals surface area contributed by atoms with Crippen molar-refractivity contribution in [2.45, 2.75) is 38.3 Å². The summed E-state index contributed by atoms with van der Waals surface area (Å²) in [6.07, 6.45) is 2.92. The molecule has 2 aliphatic rings. The van der Waals surface area contributed by atoms with Gasteiger partial charge in [-0.3, -0.25) is 4.79 Å². The van der Waals surface area contributed by atoms with E-state index in [1.54, 1.807) is 0 Å². The van der Waals surface area contributed by atoms with Gasteiger partial charge in [-0.2, -0.15) is 0 Å². The molecule has 0 spiro atoms. The average Bonchev–Trinajstić information content (AvgIpc) is 3.10. The molecule has 1 amide bonds. The zero-order valence-corrected chi connectivity index (χ0v) is 16.2. The third-order valence-corrected chi connectivity index (χ3v) is 5.44. The second kappa shape index (κ2) is 9.74. The lowest BCUT2D eigenvalue weighted by molar-refractivity contribution is -0.134. The molecule has 140 valence electrons. The van der Waals surface area contributed by atoms with E-state index in [2.05, 4.69) is 23.1 Å². The van der Waals surface area contributed by atoms with E-state index in [0.29, 0.717) is 5.92 Å². The molecule has 2 fully saturated rings. The summed E-state index contributed by atoms with van der Waals surface area (Å²) < 4.78 is 0. The number of nitrogens with one attached hydrogen (secondary N) is 3. The van der Waals surface area contributed by atoms with Crippen molar-refractivity contribution in [1.82, 2.24) is 21.1 Å². The van der Waals surface area contributed by atoms with Crippen LogP contribution in [0, 0.1) is 5.92 Å². The lowest BCUT2D eigenvalue weighted by Crippen LogP contribution is -2.49. The third-order valence-electron chi connectivity index (χ3n) is 5.09. The molecule has 2 saturated heterocycles. The number of benzene rings is 1. The molecule has 2 aliphatic heterocycles. The molecule has 0 aliphatic carbocycles. The van der Waals surface area contributed by atoms with Crippen LogP contribution >= 0.6 is 24.0 Å². The van der Waals surface area contributed by atoms with E-state index in [-0.39, 0.29) is 30.4 Å². The van der Waals surface area contributed by atoms with Crippen LogP contribution in [0.5, 0.6) is 0 Å². The zero-order chi connectivity index (χ0) is 16.9. The van der Waals surface area contributed by atoms with Crippen molar-refractivity contribution in [2.75, 3.05) is 26.2 Å². The van der Waals surface area contributed by atoms with Gasteiger partial charge in [0.2, 0.25) is 5.91 Å². The third kappa shape index (κ3) is 5.08. The normalized spacial score (nSPS) is 24.2. The average molecular weight is 387 g/mol. The first kappa shape index (κ1) is 20.5. The van der Waals surface area contributed by atoms with Gasteiger partial charge < -0.3 is 10.2 Å². The number of halogens is 2. The Labute approximate surface area is 161 Å². The quantitative estimate of drug-likeness (QED) is 0.727. The molecule has 0 radical (unpaired) electrons. The fraction of sp³-hybridized carbons (Fsp3) is 0.611. The lowest BCUT2D eigenvalue weighted by Gasteiger charge is -2.33. The van der Waals surface area contributed by atoms with E-state index in [4.69, 9.17) is 11.6 Å². The van der Waals surface area contributed by atoms with Gasteiger partial charge in [0, 0.05) is 24.2 Å². The summed E-state index contributed by atoms with van der Waals surface area (Å²) in [5.74, 6) is 0.901.